The van der Waals surface area contributed by atoms with Crippen molar-refractivity contribution in [3.05, 3.63) is 64.6 Å². The Morgan fingerprint density at radius 1 is 1.26 bits per heavy atom. The Kier molecular flexibility index (Phi) is 5.76. The lowest BCUT2D eigenvalue weighted by molar-refractivity contribution is 0.0749. The molecule has 1 saturated heterocycles. The first-order chi connectivity index (χ1) is 13.2. The number of amides is 1. The van der Waals surface area contributed by atoms with E-state index >= 15 is 0 Å². The first-order valence-corrected chi connectivity index (χ1v) is 10.7. The number of benzene rings is 2. The van der Waals surface area contributed by atoms with Gasteiger partial charge in [0.1, 0.15) is 4.88 Å². The summed E-state index contributed by atoms with van der Waals surface area (Å²) in [6, 6.07) is 15.0. The first-order valence-electron chi connectivity index (χ1n) is 9.28. The number of rotatable bonds is 6. The fourth-order valence-corrected chi connectivity index (χ4v) is 4.61. The monoisotopic (exact) mass is 397 g/mol. The molecular weight excluding hydrogens is 374 g/mol. The SMILES string of the molecule is O=C(c1cncs1)N(CCc1cccc2ccccc12)CC1NCCC1S. The van der Waals surface area contributed by atoms with E-state index in [-0.39, 0.29) is 11.9 Å². The van der Waals surface area contributed by atoms with E-state index < -0.39 is 0 Å². The molecule has 0 radical (unpaired) electrons. The van der Waals surface area contributed by atoms with Gasteiger partial charge in [-0.1, -0.05) is 42.5 Å². The molecule has 4 nitrogen and oxygen atoms in total. The summed E-state index contributed by atoms with van der Waals surface area (Å²) in [6.45, 7) is 2.32. The van der Waals surface area contributed by atoms with Crippen LogP contribution in [0.15, 0.2) is 54.2 Å². The van der Waals surface area contributed by atoms with Crippen LogP contribution in [0.1, 0.15) is 21.7 Å². The van der Waals surface area contributed by atoms with Crippen LogP contribution in [-0.4, -0.2) is 46.7 Å². The molecule has 1 aromatic heterocycles. The minimum absolute atomic E-state index is 0.0620. The molecule has 0 saturated carbocycles. The van der Waals surface area contributed by atoms with E-state index in [1.54, 1.807) is 11.7 Å². The minimum atomic E-state index is 0.0620. The van der Waals surface area contributed by atoms with Crippen molar-refractivity contribution >= 4 is 40.6 Å². The van der Waals surface area contributed by atoms with E-state index in [0.717, 1.165) is 19.4 Å². The topological polar surface area (TPSA) is 45.2 Å². The maximum atomic E-state index is 13.0. The number of nitrogens with one attached hydrogen (secondary N) is 1. The Morgan fingerprint density at radius 3 is 2.89 bits per heavy atom. The molecule has 0 aliphatic carbocycles. The van der Waals surface area contributed by atoms with Crippen LogP contribution in [0.25, 0.3) is 10.8 Å². The van der Waals surface area contributed by atoms with Crippen LogP contribution in [0, 0.1) is 0 Å². The average Bonchev–Trinajstić information content (AvgIpc) is 3.37. The van der Waals surface area contributed by atoms with E-state index in [1.165, 1.54) is 27.7 Å². The zero-order valence-electron chi connectivity index (χ0n) is 15.0. The summed E-state index contributed by atoms with van der Waals surface area (Å²) in [5.41, 5.74) is 2.99. The number of hydrogen-bond acceptors (Lipinski definition) is 5. The fraction of sp³-hybridized carbons (Fsp3) is 0.333. The van der Waals surface area contributed by atoms with E-state index in [4.69, 9.17) is 0 Å². The maximum absolute atomic E-state index is 13.0. The van der Waals surface area contributed by atoms with Crippen molar-refractivity contribution in [3.63, 3.8) is 0 Å². The van der Waals surface area contributed by atoms with Gasteiger partial charge in [0.05, 0.1) is 11.7 Å². The number of nitrogens with zero attached hydrogens (tertiary/aromatic N) is 2. The lowest BCUT2D eigenvalue weighted by Crippen LogP contribution is -2.44. The molecule has 140 valence electrons. The lowest BCUT2D eigenvalue weighted by atomic mass is 10.0. The van der Waals surface area contributed by atoms with Gasteiger partial charge in [0.25, 0.3) is 5.91 Å². The van der Waals surface area contributed by atoms with Gasteiger partial charge in [-0.3, -0.25) is 9.78 Å². The number of fused-ring (bicyclic) bond motifs is 1. The van der Waals surface area contributed by atoms with Crippen molar-refractivity contribution < 1.29 is 4.79 Å². The first kappa shape index (κ1) is 18.5. The largest absolute Gasteiger partial charge is 0.336 e. The highest BCUT2D eigenvalue weighted by molar-refractivity contribution is 7.81. The molecule has 1 aliphatic heterocycles. The van der Waals surface area contributed by atoms with Crippen LogP contribution in [-0.2, 0) is 6.42 Å². The highest BCUT2D eigenvalue weighted by Crippen LogP contribution is 2.21. The standard InChI is InChI=1S/C21H23N3OS2/c25-21(20-12-22-14-27-20)24(13-18-19(26)8-10-23-18)11-9-16-6-3-5-15-4-1-2-7-17(15)16/h1-7,12,14,18-19,23,26H,8-11,13H2. The molecule has 2 aromatic carbocycles. The van der Waals surface area contributed by atoms with E-state index in [1.807, 2.05) is 4.90 Å². The number of carbonyl (C=O) groups is 1. The van der Waals surface area contributed by atoms with Gasteiger partial charge in [-0.15, -0.1) is 11.3 Å². The van der Waals surface area contributed by atoms with Crippen LogP contribution >= 0.6 is 24.0 Å². The summed E-state index contributed by atoms with van der Waals surface area (Å²) in [5.74, 6) is 0.0620. The molecular formula is C21H23N3OS2. The van der Waals surface area contributed by atoms with Crippen LogP contribution in [0.3, 0.4) is 0 Å². The third kappa shape index (κ3) is 4.18. The van der Waals surface area contributed by atoms with Gasteiger partial charge >= 0.3 is 0 Å². The molecule has 2 atom stereocenters. The number of hydrogen-bond donors (Lipinski definition) is 2. The van der Waals surface area contributed by atoms with Crippen molar-refractivity contribution in [2.45, 2.75) is 24.1 Å². The summed E-state index contributed by atoms with van der Waals surface area (Å²) >= 11 is 6.08. The Labute approximate surface area is 169 Å². The summed E-state index contributed by atoms with van der Waals surface area (Å²) in [4.78, 5) is 19.8. The molecule has 1 amide bonds. The highest BCUT2D eigenvalue weighted by atomic mass is 32.1. The van der Waals surface area contributed by atoms with Gasteiger partial charge in [0.15, 0.2) is 0 Å². The van der Waals surface area contributed by atoms with Crippen LogP contribution in [0.2, 0.25) is 0 Å². The minimum Gasteiger partial charge on any atom is -0.336 e. The average molecular weight is 398 g/mol. The third-order valence-electron chi connectivity index (χ3n) is 5.19. The molecule has 4 rings (SSSR count). The predicted molar refractivity (Wildman–Crippen MR) is 115 cm³/mol. The van der Waals surface area contributed by atoms with E-state index in [9.17, 15) is 4.79 Å². The maximum Gasteiger partial charge on any atom is 0.265 e. The van der Waals surface area contributed by atoms with Crippen LogP contribution in [0.4, 0.5) is 0 Å². The second-order valence-electron chi connectivity index (χ2n) is 6.92. The van der Waals surface area contributed by atoms with Gasteiger partial charge in [-0.25, -0.2) is 0 Å². The van der Waals surface area contributed by atoms with Gasteiger partial charge < -0.3 is 10.2 Å². The van der Waals surface area contributed by atoms with Gasteiger partial charge in [-0.2, -0.15) is 12.6 Å². The summed E-state index contributed by atoms with van der Waals surface area (Å²) < 4.78 is 0. The molecule has 0 bridgehead atoms. The Balaban J connectivity index is 1.54. The Morgan fingerprint density at radius 2 is 2.11 bits per heavy atom. The second-order valence-corrected chi connectivity index (χ2v) is 8.47. The van der Waals surface area contributed by atoms with Crippen LogP contribution < -0.4 is 5.32 Å². The zero-order valence-corrected chi connectivity index (χ0v) is 16.8. The second kappa shape index (κ2) is 8.42. The van der Waals surface area contributed by atoms with E-state index in [2.05, 4.69) is 65.4 Å². The fourth-order valence-electron chi connectivity index (χ4n) is 3.70. The molecule has 6 heteroatoms. The van der Waals surface area contributed by atoms with Crippen molar-refractivity contribution in [3.8, 4) is 0 Å². The van der Waals surface area contributed by atoms with Gasteiger partial charge in [-0.05, 0) is 35.7 Å². The van der Waals surface area contributed by atoms with Crippen molar-refractivity contribution in [1.82, 2.24) is 15.2 Å². The molecule has 2 unspecified atom stereocenters. The number of aromatic nitrogens is 1. The number of carbonyl (C=O) groups excluding carboxylic acids is 1. The van der Waals surface area contributed by atoms with Gasteiger partial charge in [0, 0.05) is 24.4 Å². The molecule has 1 aliphatic rings. The summed E-state index contributed by atoms with van der Waals surface area (Å²) in [5, 5.41) is 6.27. The quantitative estimate of drug-likeness (QED) is 0.624. The Bertz CT molecular complexity index is 907. The lowest BCUT2D eigenvalue weighted by Gasteiger charge is -2.27. The summed E-state index contributed by atoms with van der Waals surface area (Å²) in [6.07, 6.45) is 3.54. The molecule has 27 heavy (non-hydrogen) atoms. The number of thiazole rings is 1. The van der Waals surface area contributed by atoms with Crippen molar-refractivity contribution in [2.24, 2.45) is 0 Å². The molecule has 1 fully saturated rings. The Hall–Kier alpha value is -1.89. The normalized spacial score (nSPS) is 19.4. The third-order valence-corrected chi connectivity index (χ3v) is 6.57. The van der Waals surface area contributed by atoms with Crippen LogP contribution in [0.5, 0.6) is 0 Å². The van der Waals surface area contributed by atoms with E-state index in [0.29, 0.717) is 23.2 Å². The smallest absolute Gasteiger partial charge is 0.265 e. The number of thiol groups is 1. The van der Waals surface area contributed by atoms with Crippen molar-refractivity contribution in [2.75, 3.05) is 19.6 Å². The molecule has 1 N–H and O–H groups in total. The molecule has 3 aromatic rings. The predicted octanol–water partition coefficient (Wildman–Crippen LogP) is 3.64. The molecule has 0 spiro atoms. The summed E-state index contributed by atoms with van der Waals surface area (Å²) in [7, 11) is 0. The highest BCUT2D eigenvalue weighted by Gasteiger charge is 2.28. The molecule has 2 heterocycles. The van der Waals surface area contributed by atoms with Gasteiger partial charge in [0.2, 0.25) is 0 Å². The van der Waals surface area contributed by atoms with Crippen molar-refractivity contribution in [1.29, 1.82) is 0 Å². The zero-order chi connectivity index (χ0) is 18.6.